The highest BCUT2D eigenvalue weighted by Gasteiger charge is 2.09. The summed E-state index contributed by atoms with van der Waals surface area (Å²) in [4.78, 5) is 37.6. The number of carboxylic acids is 1. The first kappa shape index (κ1) is 21.2. The number of carbonyl (C=O) groups excluding carboxylic acids is 2. The number of alkyl carbamates (subject to hydrolysis) is 1. The Labute approximate surface area is 166 Å². The van der Waals surface area contributed by atoms with E-state index in [1.54, 1.807) is 48.5 Å². The number of carboxylic acid groups (broad SMARTS) is 1. The highest BCUT2D eigenvalue weighted by molar-refractivity contribution is 5.91. The zero-order valence-corrected chi connectivity index (χ0v) is 15.3. The van der Waals surface area contributed by atoms with Gasteiger partial charge in [0.15, 0.2) is 5.96 Å². The number of nitrogens with two attached hydrogens (primary N) is 2. The third kappa shape index (κ3) is 7.59. The molecule has 0 spiro atoms. The lowest BCUT2D eigenvalue weighted by Crippen LogP contribution is -2.30. The Morgan fingerprint density at radius 1 is 1.00 bits per heavy atom. The van der Waals surface area contributed by atoms with Crippen molar-refractivity contribution in [3.8, 4) is 5.75 Å². The number of nitrogens with one attached hydrogen (secondary N) is 1. The molecule has 6 N–H and O–H groups in total. The first-order valence-electron chi connectivity index (χ1n) is 8.46. The molecule has 0 unspecified atom stereocenters. The van der Waals surface area contributed by atoms with E-state index in [1.165, 1.54) is 0 Å². The smallest absolute Gasteiger partial charge is 0.407 e. The van der Waals surface area contributed by atoms with Gasteiger partial charge in [-0.1, -0.05) is 12.1 Å². The lowest BCUT2D eigenvalue weighted by molar-refractivity contribution is -0.135. The topological polar surface area (TPSA) is 166 Å². The van der Waals surface area contributed by atoms with Crippen molar-refractivity contribution in [3.63, 3.8) is 0 Å². The van der Waals surface area contributed by atoms with Crippen LogP contribution >= 0.6 is 0 Å². The van der Waals surface area contributed by atoms with Gasteiger partial charge in [-0.05, 0) is 42.0 Å². The van der Waals surface area contributed by atoms with Crippen LogP contribution in [0.2, 0.25) is 0 Å². The molecule has 0 aromatic heterocycles. The van der Waals surface area contributed by atoms with Crippen molar-refractivity contribution in [2.45, 2.75) is 6.42 Å². The van der Waals surface area contributed by atoms with E-state index in [2.05, 4.69) is 10.3 Å². The van der Waals surface area contributed by atoms with Crippen LogP contribution in [0.4, 0.5) is 10.5 Å². The van der Waals surface area contributed by atoms with Crippen LogP contribution in [0.15, 0.2) is 53.5 Å². The molecule has 0 saturated carbocycles. The molecular weight excluding hydrogens is 380 g/mol. The average molecular weight is 400 g/mol. The maximum absolute atomic E-state index is 12.2. The molecule has 0 radical (unpaired) electrons. The van der Waals surface area contributed by atoms with Gasteiger partial charge in [0.2, 0.25) is 0 Å². The van der Waals surface area contributed by atoms with E-state index in [9.17, 15) is 14.4 Å². The van der Waals surface area contributed by atoms with Crippen molar-refractivity contribution in [1.29, 1.82) is 0 Å². The minimum Gasteiger partial charge on any atom is -0.480 e. The summed E-state index contributed by atoms with van der Waals surface area (Å²) in [5.41, 5.74) is 12.3. The Kier molecular flexibility index (Phi) is 7.54. The van der Waals surface area contributed by atoms with E-state index in [0.29, 0.717) is 23.4 Å². The Morgan fingerprint density at radius 3 is 2.24 bits per heavy atom. The standard InChI is InChI=1S/C19H20N4O6/c20-18(21)23-14-5-3-13(4-6-14)17(26)29-15-7-1-12(2-8-15)9-10-28-19(27)22-11-16(24)25/h1-8H,9-11H2,(H,22,27)(H,24,25)(H4,20,21,23). The summed E-state index contributed by atoms with van der Waals surface area (Å²) in [7, 11) is 0. The molecule has 1 amide bonds. The lowest BCUT2D eigenvalue weighted by Gasteiger charge is -2.07. The second-order valence-corrected chi connectivity index (χ2v) is 5.75. The van der Waals surface area contributed by atoms with Crippen LogP contribution in [0.5, 0.6) is 5.75 Å². The first-order valence-corrected chi connectivity index (χ1v) is 8.46. The molecule has 0 fully saturated rings. The molecule has 2 aromatic rings. The molecule has 152 valence electrons. The Morgan fingerprint density at radius 2 is 1.66 bits per heavy atom. The highest BCUT2D eigenvalue weighted by atomic mass is 16.5. The number of hydrogen-bond acceptors (Lipinski definition) is 6. The van der Waals surface area contributed by atoms with E-state index < -0.39 is 24.6 Å². The Balaban J connectivity index is 1.82. The minimum absolute atomic E-state index is 0.0761. The summed E-state index contributed by atoms with van der Waals surface area (Å²) in [6.45, 7) is -0.428. The second kappa shape index (κ2) is 10.3. The van der Waals surface area contributed by atoms with Crippen molar-refractivity contribution < 1.29 is 29.0 Å². The summed E-state index contributed by atoms with van der Waals surface area (Å²) in [6, 6.07) is 13.0. The van der Waals surface area contributed by atoms with Crippen LogP contribution in [-0.4, -0.2) is 42.2 Å². The molecular formula is C19H20N4O6. The van der Waals surface area contributed by atoms with Gasteiger partial charge >= 0.3 is 18.0 Å². The number of rotatable bonds is 8. The molecule has 0 saturated heterocycles. The average Bonchev–Trinajstić information content (AvgIpc) is 2.68. The molecule has 10 heteroatoms. The molecule has 2 aromatic carbocycles. The van der Waals surface area contributed by atoms with Crippen LogP contribution in [-0.2, 0) is 16.0 Å². The second-order valence-electron chi connectivity index (χ2n) is 5.75. The van der Waals surface area contributed by atoms with E-state index >= 15 is 0 Å². The molecule has 0 bridgehead atoms. The normalized spacial score (nSPS) is 9.93. The number of hydrogen-bond donors (Lipinski definition) is 4. The Hall–Kier alpha value is -4.08. The van der Waals surface area contributed by atoms with E-state index in [0.717, 1.165) is 5.56 Å². The predicted octanol–water partition coefficient (Wildman–Crippen LogP) is 1.16. The number of guanidine groups is 1. The summed E-state index contributed by atoms with van der Waals surface area (Å²) in [5, 5.41) is 10.5. The highest BCUT2D eigenvalue weighted by Crippen LogP contribution is 2.17. The van der Waals surface area contributed by atoms with Crippen molar-refractivity contribution in [2.75, 3.05) is 13.2 Å². The SMILES string of the molecule is NC(N)=Nc1ccc(C(=O)Oc2ccc(CCOC(=O)NCC(=O)O)cc2)cc1. The number of esters is 1. The van der Waals surface area contributed by atoms with Crippen molar-refractivity contribution in [1.82, 2.24) is 5.32 Å². The Bertz CT molecular complexity index is 890. The van der Waals surface area contributed by atoms with E-state index in [4.69, 9.17) is 26.0 Å². The minimum atomic E-state index is -1.16. The van der Waals surface area contributed by atoms with Gasteiger partial charge in [-0.25, -0.2) is 14.6 Å². The van der Waals surface area contributed by atoms with Crippen LogP contribution in [0, 0.1) is 0 Å². The monoisotopic (exact) mass is 400 g/mol. The predicted molar refractivity (Wildman–Crippen MR) is 104 cm³/mol. The van der Waals surface area contributed by atoms with Gasteiger partial charge in [0.05, 0.1) is 17.9 Å². The summed E-state index contributed by atoms with van der Waals surface area (Å²) in [6.07, 6.45) is -0.384. The number of benzene rings is 2. The third-order valence-electron chi connectivity index (χ3n) is 3.50. The van der Waals surface area contributed by atoms with Crippen molar-refractivity contribution in [3.05, 3.63) is 59.7 Å². The quantitative estimate of drug-likeness (QED) is 0.222. The van der Waals surface area contributed by atoms with Gasteiger partial charge in [-0.2, -0.15) is 0 Å². The lowest BCUT2D eigenvalue weighted by atomic mass is 10.1. The summed E-state index contributed by atoms with van der Waals surface area (Å²) >= 11 is 0. The van der Waals surface area contributed by atoms with E-state index in [-0.39, 0.29) is 12.6 Å². The molecule has 0 aliphatic heterocycles. The molecule has 2 rings (SSSR count). The van der Waals surface area contributed by atoms with E-state index in [1.807, 2.05) is 0 Å². The number of aliphatic carboxylic acids is 1. The summed E-state index contributed by atoms with van der Waals surface area (Å²) < 4.78 is 10.2. The van der Waals surface area contributed by atoms with Gasteiger partial charge in [-0.15, -0.1) is 0 Å². The number of aliphatic imine (C=N–C) groups is 1. The number of nitrogens with zero attached hydrogens (tertiary/aromatic N) is 1. The van der Waals surface area contributed by atoms with Gasteiger partial charge in [-0.3, -0.25) is 4.79 Å². The molecule has 0 aliphatic rings. The summed E-state index contributed by atoms with van der Waals surface area (Å²) in [5.74, 6) is -1.41. The number of carbonyl (C=O) groups is 3. The fourth-order valence-electron chi connectivity index (χ4n) is 2.17. The van der Waals surface area contributed by atoms with Crippen molar-refractivity contribution in [2.24, 2.45) is 16.5 Å². The van der Waals surface area contributed by atoms with Gasteiger partial charge in [0.25, 0.3) is 0 Å². The van der Waals surface area contributed by atoms with Gasteiger partial charge in [0.1, 0.15) is 12.3 Å². The zero-order chi connectivity index (χ0) is 21.2. The maximum atomic E-state index is 12.2. The fraction of sp³-hybridized carbons (Fsp3) is 0.158. The van der Waals surface area contributed by atoms with Crippen LogP contribution in [0.3, 0.4) is 0 Å². The number of amides is 1. The molecule has 0 aliphatic carbocycles. The molecule has 0 atom stereocenters. The molecule has 0 heterocycles. The third-order valence-corrected chi connectivity index (χ3v) is 3.50. The van der Waals surface area contributed by atoms with Crippen LogP contribution in [0.25, 0.3) is 0 Å². The molecule has 29 heavy (non-hydrogen) atoms. The van der Waals surface area contributed by atoms with Crippen LogP contribution < -0.4 is 21.5 Å². The maximum Gasteiger partial charge on any atom is 0.407 e. The van der Waals surface area contributed by atoms with Crippen LogP contribution in [0.1, 0.15) is 15.9 Å². The van der Waals surface area contributed by atoms with Crippen molar-refractivity contribution >= 4 is 29.7 Å². The van der Waals surface area contributed by atoms with Gasteiger partial charge in [0, 0.05) is 6.42 Å². The molecule has 10 nitrogen and oxygen atoms in total. The van der Waals surface area contributed by atoms with Gasteiger partial charge < -0.3 is 31.4 Å². The fourth-order valence-corrected chi connectivity index (χ4v) is 2.17. The number of ether oxygens (including phenoxy) is 2. The largest absolute Gasteiger partial charge is 0.480 e. The zero-order valence-electron chi connectivity index (χ0n) is 15.3. The first-order chi connectivity index (χ1) is 13.8.